The normalized spacial score (nSPS) is 27.9. The minimum atomic E-state index is -1.09. The van der Waals surface area contributed by atoms with Gasteiger partial charge in [-0.1, -0.05) is 30.0 Å². The summed E-state index contributed by atoms with van der Waals surface area (Å²) in [5, 5.41) is 43.0. The fourth-order valence-corrected chi connectivity index (χ4v) is 5.42. The van der Waals surface area contributed by atoms with Crippen LogP contribution in [0.1, 0.15) is 43.7 Å². The maximum atomic E-state index is 14.2. The predicted molar refractivity (Wildman–Crippen MR) is 128 cm³/mol. The maximum absolute atomic E-state index is 14.2. The van der Waals surface area contributed by atoms with Crippen molar-refractivity contribution in [2.24, 2.45) is 5.92 Å². The first-order chi connectivity index (χ1) is 16.9. The highest BCUT2D eigenvalue weighted by atomic mass is 32.2. The summed E-state index contributed by atoms with van der Waals surface area (Å²) in [7, 11) is 1.44. The number of fused-ring (bicyclic) bond motifs is 1. The van der Waals surface area contributed by atoms with Crippen molar-refractivity contribution < 1.29 is 24.4 Å². The summed E-state index contributed by atoms with van der Waals surface area (Å²) in [6.07, 6.45) is -0.0158. The van der Waals surface area contributed by atoms with Gasteiger partial charge in [0, 0.05) is 30.2 Å². The number of thioether (sulfide) groups is 1. The maximum Gasteiger partial charge on any atom is 0.191 e. The van der Waals surface area contributed by atoms with E-state index >= 15 is 0 Å². The molecule has 5 rings (SSSR count). The number of aromatic nitrogens is 5. The van der Waals surface area contributed by atoms with Gasteiger partial charge in [-0.15, -0.1) is 5.10 Å². The first-order valence-electron chi connectivity index (χ1n) is 11.8. The van der Waals surface area contributed by atoms with Crippen molar-refractivity contribution in [1.29, 1.82) is 0 Å². The van der Waals surface area contributed by atoms with E-state index in [-0.39, 0.29) is 30.1 Å². The smallest absolute Gasteiger partial charge is 0.191 e. The van der Waals surface area contributed by atoms with E-state index in [1.54, 1.807) is 6.07 Å². The van der Waals surface area contributed by atoms with Gasteiger partial charge in [-0.3, -0.25) is 0 Å². The summed E-state index contributed by atoms with van der Waals surface area (Å²) in [4.78, 5) is 9.33. The number of benzene rings is 1. The van der Waals surface area contributed by atoms with Crippen LogP contribution in [0.2, 0.25) is 0 Å². The lowest BCUT2D eigenvalue weighted by Gasteiger charge is -2.17. The van der Waals surface area contributed by atoms with Crippen molar-refractivity contribution in [3.05, 3.63) is 29.6 Å². The molecule has 35 heavy (non-hydrogen) atoms. The highest BCUT2D eigenvalue weighted by molar-refractivity contribution is 7.99. The summed E-state index contributed by atoms with van der Waals surface area (Å²) < 4.78 is 20.7. The summed E-state index contributed by atoms with van der Waals surface area (Å²) in [6.45, 7) is 1.85. The van der Waals surface area contributed by atoms with Crippen molar-refractivity contribution >= 4 is 28.7 Å². The highest BCUT2D eigenvalue weighted by Crippen LogP contribution is 2.44. The van der Waals surface area contributed by atoms with E-state index in [0.29, 0.717) is 28.6 Å². The van der Waals surface area contributed by atoms with Crippen molar-refractivity contribution in [3.63, 3.8) is 0 Å². The Hall–Kier alpha value is -2.54. The lowest BCUT2D eigenvalue weighted by atomic mass is 10.1. The Balaban J connectivity index is 1.44. The molecule has 0 amide bonds. The van der Waals surface area contributed by atoms with Crippen LogP contribution in [0.25, 0.3) is 11.2 Å². The van der Waals surface area contributed by atoms with Crippen molar-refractivity contribution in [3.8, 4) is 5.75 Å². The third-order valence-corrected chi connectivity index (χ3v) is 7.83. The summed E-state index contributed by atoms with van der Waals surface area (Å²) in [6, 6.07) is 4.49. The Morgan fingerprint density at radius 2 is 2.06 bits per heavy atom. The molecule has 2 saturated carbocycles. The molecule has 3 aromatic rings. The van der Waals surface area contributed by atoms with E-state index in [0.717, 1.165) is 24.2 Å². The first-order valence-corrected chi connectivity index (χ1v) is 12.8. The van der Waals surface area contributed by atoms with Crippen molar-refractivity contribution in [1.82, 2.24) is 25.0 Å². The molecule has 0 radical (unpaired) electrons. The molecular weight excluding hydrogens is 475 g/mol. The van der Waals surface area contributed by atoms with E-state index < -0.39 is 24.2 Å². The molecule has 2 aromatic heterocycles. The van der Waals surface area contributed by atoms with Crippen LogP contribution >= 0.6 is 11.8 Å². The molecule has 0 saturated heterocycles. The van der Waals surface area contributed by atoms with Gasteiger partial charge in [-0.2, -0.15) is 0 Å². The Morgan fingerprint density at radius 3 is 2.74 bits per heavy atom. The number of hydrogen-bond acceptors (Lipinski definition) is 10. The summed E-state index contributed by atoms with van der Waals surface area (Å²) >= 11 is 1.51. The Labute approximate surface area is 205 Å². The fraction of sp³-hybridized carbons (Fsp3) is 0.565. The lowest BCUT2D eigenvalue weighted by Crippen LogP contribution is -2.30. The number of aliphatic hydroxyl groups is 3. The molecule has 2 heterocycles. The number of halogens is 1. The molecule has 6 unspecified atom stereocenters. The molecule has 4 N–H and O–H groups in total. The molecule has 0 bridgehead atoms. The molecule has 0 aliphatic heterocycles. The van der Waals surface area contributed by atoms with Crippen LogP contribution in [0.4, 0.5) is 10.2 Å². The number of aliphatic hydroxyl groups excluding tert-OH is 3. The van der Waals surface area contributed by atoms with E-state index in [9.17, 15) is 19.7 Å². The average molecular weight is 505 g/mol. The first kappa shape index (κ1) is 24.2. The Kier molecular flexibility index (Phi) is 6.80. The van der Waals surface area contributed by atoms with Gasteiger partial charge in [0.25, 0.3) is 0 Å². The highest BCUT2D eigenvalue weighted by Gasteiger charge is 2.44. The largest absolute Gasteiger partial charge is 0.494 e. The van der Waals surface area contributed by atoms with Crippen molar-refractivity contribution in [2.75, 3.05) is 24.8 Å². The number of methoxy groups -OCH3 is 1. The monoisotopic (exact) mass is 504 g/mol. The second-order valence-electron chi connectivity index (χ2n) is 9.12. The zero-order valence-corrected chi connectivity index (χ0v) is 20.3. The van der Waals surface area contributed by atoms with E-state index in [4.69, 9.17) is 4.74 Å². The Bertz CT molecular complexity index is 1210. The molecule has 1 aromatic carbocycles. The van der Waals surface area contributed by atoms with Crippen molar-refractivity contribution in [2.45, 2.75) is 61.6 Å². The van der Waals surface area contributed by atoms with E-state index in [1.165, 1.54) is 29.6 Å². The molecule has 6 atom stereocenters. The van der Waals surface area contributed by atoms with Crippen LogP contribution in [0.5, 0.6) is 5.75 Å². The minimum absolute atomic E-state index is 0.0488. The van der Waals surface area contributed by atoms with Crippen LogP contribution in [0, 0.1) is 11.7 Å². The fourth-order valence-electron chi connectivity index (χ4n) is 4.73. The second-order valence-corrected chi connectivity index (χ2v) is 10.2. The van der Waals surface area contributed by atoms with Gasteiger partial charge in [0.05, 0.1) is 19.3 Å². The van der Waals surface area contributed by atoms with Crippen LogP contribution in [-0.4, -0.2) is 78.0 Å². The zero-order chi connectivity index (χ0) is 24.7. The van der Waals surface area contributed by atoms with Gasteiger partial charge < -0.3 is 25.4 Å². The van der Waals surface area contributed by atoms with Gasteiger partial charge in [0.1, 0.15) is 6.10 Å². The van der Waals surface area contributed by atoms with E-state index in [1.807, 2.05) is 6.07 Å². The van der Waals surface area contributed by atoms with Crippen LogP contribution < -0.4 is 10.1 Å². The van der Waals surface area contributed by atoms with Gasteiger partial charge in [0.15, 0.2) is 33.7 Å². The van der Waals surface area contributed by atoms with Crippen LogP contribution in [0.3, 0.4) is 0 Å². The van der Waals surface area contributed by atoms with Gasteiger partial charge >= 0.3 is 0 Å². The van der Waals surface area contributed by atoms with Crippen LogP contribution in [0.15, 0.2) is 23.4 Å². The van der Waals surface area contributed by atoms with Crippen LogP contribution in [-0.2, 0) is 0 Å². The summed E-state index contributed by atoms with van der Waals surface area (Å²) in [5.74, 6) is 0.876. The van der Waals surface area contributed by atoms with Gasteiger partial charge in [-0.05, 0) is 37.0 Å². The van der Waals surface area contributed by atoms with Gasteiger partial charge in [-0.25, -0.2) is 19.0 Å². The average Bonchev–Trinajstić information content (AvgIpc) is 3.40. The number of nitrogens with zero attached hydrogens (tertiary/aromatic N) is 5. The number of anilines is 1. The zero-order valence-electron chi connectivity index (χ0n) is 19.5. The summed E-state index contributed by atoms with van der Waals surface area (Å²) in [5.41, 5.74) is 1.81. The standard InChI is InChI=1S/C23H29FN6O4S/c1-3-6-35-23-26-21(25-15-9-13(15)11-4-5-17(34-2)14(24)7-11)18-22(27-23)30(29-28-18)16-8-12(10-31)19(32)20(16)33/h4-5,7,12-13,15-16,19-20,31-33H,3,6,8-10H2,1-2H3,(H,25,26,27). The quantitative estimate of drug-likeness (QED) is 0.253. The third-order valence-electron chi connectivity index (χ3n) is 6.78. The minimum Gasteiger partial charge on any atom is -0.494 e. The second kappa shape index (κ2) is 9.84. The molecule has 188 valence electrons. The molecule has 2 aliphatic rings. The topological polar surface area (TPSA) is 138 Å². The van der Waals surface area contributed by atoms with Gasteiger partial charge in [0.2, 0.25) is 0 Å². The molecular formula is C23H29FN6O4S. The molecule has 12 heteroatoms. The predicted octanol–water partition coefficient (Wildman–Crippen LogP) is 2.11. The number of nitrogens with one attached hydrogen (secondary N) is 1. The van der Waals surface area contributed by atoms with E-state index in [2.05, 4.69) is 32.5 Å². The SMILES string of the molecule is CCCSc1nc(NC2CC2c2ccc(OC)c(F)c2)c2nnn(C3CC(CO)C(O)C3O)c2n1. The lowest BCUT2D eigenvalue weighted by molar-refractivity contribution is -0.00512. The number of hydrogen-bond donors (Lipinski definition) is 4. The number of ether oxygens (including phenoxy) is 1. The third kappa shape index (κ3) is 4.55. The molecule has 2 aliphatic carbocycles. The number of rotatable bonds is 9. The molecule has 10 nitrogen and oxygen atoms in total. The molecule has 2 fully saturated rings. The molecule has 0 spiro atoms. The Morgan fingerprint density at radius 1 is 1.23 bits per heavy atom.